The average molecular weight is 249 g/mol. The van der Waals surface area contributed by atoms with E-state index < -0.39 is 18.6 Å². The molecule has 1 rings (SSSR count). The summed E-state index contributed by atoms with van der Waals surface area (Å²) >= 11 is 0. The Hall–Kier alpha value is -1.04. The zero-order valence-corrected chi connectivity index (χ0v) is 10.3. The lowest BCUT2D eigenvalue weighted by atomic mass is 10.0. The minimum atomic E-state index is -4.13. The Kier molecular flexibility index (Phi) is 4.19. The molecule has 3 nitrogen and oxygen atoms in total. The molecule has 1 aromatic rings. The van der Waals surface area contributed by atoms with Crippen molar-refractivity contribution in [3.63, 3.8) is 0 Å². The van der Waals surface area contributed by atoms with Crippen LogP contribution in [0.15, 0.2) is 0 Å². The van der Waals surface area contributed by atoms with Gasteiger partial charge in [-0.15, -0.1) is 0 Å². The number of halogens is 3. The molecular formula is C11H18F3N3. The molecule has 0 saturated carbocycles. The topological polar surface area (TPSA) is 43.8 Å². The molecule has 17 heavy (non-hydrogen) atoms. The molecule has 1 atom stereocenters. The van der Waals surface area contributed by atoms with E-state index >= 15 is 0 Å². The lowest BCUT2D eigenvalue weighted by molar-refractivity contribution is -0.136. The third-order valence-corrected chi connectivity index (χ3v) is 2.92. The normalized spacial score (nSPS) is 14.1. The van der Waals surface area contributed by atoms with Crippen LogP contribution in [0.2, 0.25) is 0 Å². The molecule has 0 aromatic carbocycles. The van der Waals surface area contributed by atoms with Crippen LogP contribution in [0.1, 0.15) is 29.8 Å². The predicted molar refractivity (Wildman–Crippen MR) is 59.7 cm³/mol. The molecule has 0 amide bonds. The van der Waals surface area contributed by atoms with Crippen molar-refractivity contribution in [3.8, 4) is 0 Å². The van der Waals surface area contributed by atoms with Crippen LogP contribution in [0.3, 0.4) is 0 Å². The summed E-state index contributed by atoms with van der Waals surface area (Å²) in [6.07, 6.45) is -4.55. The highest BCUT2D eigenvalue weighted by atomic mass is 19.4. The molecule has 1 aromatic heterocycles. The van der Waals surface area contributed by atoms with Crippen molar-refractivity contribution in [2.24, 2.45) is 12.8 Å². The molecule has 0 aliphatic heterocycles. The molecule has 0 fully saturated rings. The maximum absolute atomic E-state index is 12.0. The van der Waals surface area contributed by atoms with Crippen LogP contribution in [0.25, 0.3) is 0 Å². The SMILES string of the molecule is Cc1nn(C)c(C)c1CC(N)CCC(F)(F)F. The quantitative estimate of drug-likeness (QED) is 0.889. The Labute approximate surface area is 98.8 Å². The number of hydrogen-bond donors (Lipinski definition) is 1. The molecule has 0 aliphatic rings. The van der Waals surface area contributed by atoms with Gasteiger partial charge in [0.2, 0.25) is 0 Å². The fraction of sp³-hybridized carbons (Fsp3) is 0.727. The summed E-state index contributed by atoms with van der Waals surface area (Å²) in [6.45, 7) is 3.74. The number of hydrogen-bond acceptors (Lipinski definition) is 2. The first-order valence-corrected chi connectivity index (χ1v) is 5.52. The fourth-order valence-electron chi connectivity index (χ4n) is 1.83. The second-order valence-corrected chi connectivity index (χ2v) is 4.39. The Morgan fingerprint density at radius 1 is 1.35 bits per heavy atom. The van der Waals surface area contributed by atoms with Crippen molar-refractivity contribution in [2.45, 2.75) is 45.3 Å². The van der Waals surface area contributed by atoms with E-state index in [2.05, 4.69) is 5.10 Å². The molecule has 1 unspecified atom stereocenters. The minimum absolute atomic E-state index is 0.0444. The van der Waals surface area contributed by atoms with Gasteiger partial charge < -0.3 is 5.73 Å². The first-order chi connectivity index (χ1) is 7.70. The molecule has 0 aliphatic carbocycles. The van der Waals surface area contributed by atoms with Crippen molar-refractivity contribution in [3.05, 3.63) is 17.0 Å². The summed E-state index contributed by atoms with van der Waals surface area (Å²) in [4.78, 5) is 0. The van der Waals surface area contributed by atoms with Crippen LogP contribution in [0.5, 0.6) is 0 Å². The zero-order valence-electron chi connectivity index (χ0n) is 10.3. The summed E-state index contributed by atoms with van der Waals surface area (Å²) in [7, 11) is 1.81. The average Bonchev–Trinajstić information content (AvgIpc) is 2.41. The van der Waals surface area contributed by atoms with Gasteiger partial charge in [-0.1, -0.05) is 0 Å². The molecule has 0 saturated heterocycles. The maximum Gasteiger partial charge on any atom is 0.389 e. The van der Waals surface area contributed by atoms with Gasteiger partial charge in [-0.2, -0.15) is 18.3 Å². The zero-order chi connectivity index (χ0) is 13.2. The van der Waals surface area contributed by atoms with E-state index in [4.69, 9.17) is 5.73 Å². The van der Waals surface area contributed by atoms with Crippen molar-refractivity contribution >= 4 is 0 Å². The summed E-state index contributed by atoms with van der Waals surface area (Å²) in [5.41, 5.74) is 8.49. The molecule has 6 heteroatoms. The van der Waals surface area contributed by atoms with Crippen molar-refractivity contribution < 1.29 is 13.2 Å². The molecule has 2 N–H and O–H groups in total. The maximum atomic E-state index is 12.0. The van der Waals surface area contributed by atoms with E-state index in [1.807, 2.05) is 20.9 Å². The van der Waals surface area contributed by atoms with Gasteiger partial charge in [-0.25, -0.2) is 0 Å². The van der Waals surface area contributed by atoms with E-state index in [1.165, 1.54) is 0 Å². The van der Waals surface area contributed by atoms with Crippen LogP contribution in [0, 0.1) is 13.8 Å². The Morgan fingerprint density at radius 2 is 1.94 bits per heavy atom. The van der Waals surface area contributed by atoms with Gasteiger partial charge in [0.05, 0.1) is 5.69 Å². The van der Waals surface area contributed by atoms with E-state index in [1.54, 1.807) is 4.68 Å². The van der Waals surface area contributed by atoms with Gasteiger partial charge in [-0.05, 0) is 32.3 Å². The smallest absolute Gasteiger partial charge is 0.327 e. The van der Waals surface area contributed by atoms with Gasteiger partial charge in [0.1, 0.15) is 0 Å². The summed E-state index contributed by atoms with van der Waals surface area (Å²) in [5.74, 6) is 0. The van der Waals surface area contributed by atoms with E-state index in [-0.39, 0.29) is 6.42 Å². The van der Waals surface area contributed by atoms with Crippen LogP contribution in [-0.4, -0.2) is 22.0 Å². The second-order valence-electron chi connectivity index (χ2n) is 4.39. The summed E-state index contributed by atoms with van der Waals surface area (Å²) in [5, 5.41) is 4.21. The largest absolute Gasteiger partial charge is 0.389 e. The predicted octanol–water partition coefficient (Wildman–Crippen LogP) is 2.25. The Bertz CT molecular complexity index is 382. The van der Waals surface area contributed by atoms with Crippen molar-refractivity contribution in [1.29, 1.82) is 0 Å². The monoisotopic (exact) mass is 249 g/mol. The second kappa shape index (κ2) is 5.08. The Balaban J connectivity index is 2.59. The highest BCUT2D eigenvalue weighted by Crippen LogP contribution is 2.23. The van der Waals surface area contributed by atoms with Crippen molar-refractivity contribution in [1.82, 2.24) is 9.78 Å². The lowest BCUT2D eigenvalue weighted by Gasteiger charge is -2.13. The van der Waals surface area contributed by atoms with Crippen LogP contribution >= 0.6 is 0 Å². The van der Waals surface area contributed by atoms with E-state index in [0.717, 1.165) is 17.0 Å². The van der Waals surface area contributed by atoms with E-state index in [0.29, 0.717) is 6.42 Å². The molecule has 0 bridgehead atoms. The van der Waals surface area contributed by atoms with Crippen LogP contribution in [0.4, 0.5) is 13.2 Å². The highest BCUT2D eigenvalue weighted by Gasteiger charge is 2.27. The number of nitrogens with two attached hydrogens (primary N) is 1. The van der Waals surface area contributed by atoms with Crippen LogP contribution < -0.4 is 5.73 Å². The number of nitrogens with zero attached hydrogens (tertiary/aromatic N) is 2. The third kappa shape index (κ3) is 4.03. The van der Waals surface area contributed by atoms with Gasteiger partial charge in [0, 0.05) is 25.2 Å². The van der Waals surface area contributed by atoms with Gasteiger partial charge in [-0.3, -0.25) is 4.68 Å². The third-order valence-electron chi connectivity index (χ3n) is 2.92. The molecular weight excluding hydrogens is 231 g/mol. The van der Waals surface area contributed by atoms with Crippen molar-refractivity contribution in [2.75, 3.05) is 0 Å². The molecule has 0 radical (unpaired) electrons. The molecule has 0 spiro atoms. The van der Waals surface area contributed by atoms with Crippen LogP contribution in [-0.2, 0) is 13.5 Å². The first-order valence-electron chi connectivity index (χ1n) is 5.52. The fourth-order valence-corrected chi connectivity index (χ4v) is 1.83. The summed E-state index contributed by atoms with van der Waals surface area (Å²) in [6, 6.07) is -0.474. The highest BCUT2D eigenvalue weighted by molar-refractivity contribution is 5.25. The Morgan fingerprint density at radius 3 is 2.35 bits per heavy atom. The minimum Gasteiger partial charge on any atom is -0.327 e. The van der Waals surface area contributed by atoms with E-state index in [9.17, 15) is 13.2 Å². The lowest BCUT2D eigenvalue weighted by Crippen LogP contribution is -2.25. The van der Waals surface area contributed by atoms with Gasteiger partial charge in [0.25, 0.3) is 0 Å². The number of rotatable bonds is 4. The van der Waals surface area contributed by atoms with Gasteiger partial charge >= 0.3 is 6.18 Å². The molecule has 1 heterocycles. The first kappa shape index (κ1) is 14.0. The molecule has 98 valence electrons. The number of aryl methyl sites for hydroxylation is 2. The number of aromatic nitrogens is 2. The summed E-state index contributed by atoms with van der Waals surface area (Å²) < 4.78 is 37.9. The standard InChI is InChI=1S/C11H18F3N3/c1-7-10(8(2)17(3)16-7)6-9(15)4-5-11(12,13)14/h9H,4-6,15H2,1-3H3. The van der Waals surface area contributed by atoms with Gasteiger partial charge in [0.15, 0.2) is 0 Å². The number of alkyl halides is 3.